The zero-order valence-electron chi connectivity index (χ0n) is 18.6. The molecule has 1 unspecified atom stereocenters. The van der Waals surface area contributed by atoms with E-state index in [0.717, 1.165) is 18.2 Å². The van der Waals surface area contributed by atoms with Crippen LogP contribution in [0.5, 0.6) is 5.75 Å². The Kier molecular flexibility index (Phi) is 8.35. The molecule has 1 heterocycles. The lowest BCUT2D eigenvalue weighted by molar-refractivity contribution is 0.0714. The summed E-state index contributed by atoms with van der Waals surface area (Å²) >= 11 is 0. The molecule has 1 aliphatic heterocycles. The van der Waals surface area contributed by atoms with Gasteiger partial charge in [0.1, 0.15) is 5.75 Å². The van der Waals surface area contributed by atoms with E-state index in [-0.39, 0.29) is 0 Å². The maximum absolute atomic E-state index is 6.53. The van der Waals surface area contributed by atoms with Crippen molar-refractivity contribution >= 4 is 17.4 Å². The molecule has 1 fully saturated rings. The van der Waals surface area contributed by atoms with E-state index in [4.69, 9.17) is 22.1 Å². The van der Waals surface area contributed by atoms with Crippen LogP contribution in [0.15, 0.2) is 18.2 Å². The molecule has 5 nitrogen and oxygen atoms in total. The fourth-order valence-electron chi connectivity index (χ4n) is 4.60. The van der Waals surface area contributed by atoms with Crippen molar-refractivity contribution in [1.29, 1.82) is 0 Å². The van der Waals surface area contributed by atoms with Crippen LogP contribution in [0.1, 0.15) is 64.0 Å². The Morgan fingerprint density at radius 3 is 2.28 bits per heavy atom. The van der Waals surface area contributed by atoms with Gasteiger partial charge in [-0.2, -0.15) is 0 Å². The van der Waals surface area contributed by atoms with Crippen molar-refractivity contribution in [1.82, 2.24) is 0 Å². The largest absolute Gasteiger partial charge is 0.520 e. The van der Waals surface area contributed by atoms with Gasteiger partial charge in [0.2, 0.25) is 0 Å². The third kappa shape index (κ3) is 5.71. The molecule has 3 rings (SSSR count). The fraction of sp³-hybridized carbons (Fsp3) is 0.727. The molecular weight excluding hydrogens is 400 g/mol. The van der Waals surface area contributed by atoms with Crippen molar-refractivity contribution in [2.24, 2.45) is 0 Å². The van der Waals surface area contributed by atoms with Gasteiger partial charge in [-0.05, 0) is 64.3 Å². The number of aryl methyl sites for hydroxylation is 1. The molecule has 1 aromatic carbocycles. The SMILES string of the molecule is CCO[Si](CCc1ccc2c(c1)CO[Si](C)(C1CCCCC1)O2)(OCC)OCC. The van der Waals surface area contributed by atoms with Crippen LogP contribution < -0.4 is 4.43 Å². The first-order chi connectivity index (χ1) is 14.0. The van der Waals surface area contributed by atoms with Gasteiger partial charge in [0.15, 0.2) is 0 Å². The zero-order chi connectivity index (χ0) is 20.7. The van der Waals surface area contributed by atoms with Gasteiger partial charge >= 0.3 is 17.4 Å². The van der Waals surface area contributed by atoms with Crippen LogP contribution in [0.25, 0.3) is 0 Å². The molecule has 1 atom stereocenters. The smallest absolute Gasteiger partial charge is 0.501 e. The molecule has 0 bridgehead atoms. The van der Waals surface area contributed by atoms with Gasteiger partial charge in [0, 0.05) is 37.0 Å². The summed E-state index contributed by atoms with van der Waals surface area (Å²) in [6.07, 6.45) is 7.38. The molecule has 164 valence electrons. The first-order valence-corrected chi connectivity index (χ1v) is 15.7. The van der Waals surface area contributed by atoms with Gasteiger partial charge in [0.25, 0.3) is 0 Å². The average Bonchev–Trinajstić information content (AvgIpc) is 2.73. The number of rotatable bonds is 10. The Morgan fingerprint density at radius 1 is 1.00 bits per heavy atom. The highest BCUT2D eigenvalue weighted by Gasteiger charge is 2.46. The number of hydrogen-bond acceptors (Lipinski definition) is 5. The third-order valence-corrected chi connectivity index (χ3v) is 12.6. The average molecular weight is 439 g/mol. The molecule has 0 radical (unpaired) electrons. The summed E-state index contributed by atoms with van der Waals surface area (Å²) in [6, 6.07) is 7.35. The summed E-state index contributed by atoms with van der Waals surface area (Å²) < 4.78 is 30.9. The van der Waals surface area contributed by atoms with Gasteiger partial charge in [0.05, 0.1) is 6.61 Å². The van der Waals surface area contributed by atoms with Crippen molar-refractivity contribution in [2.75, 3.05) is 19.8 Å². The van der Waals surface area contributed by atoms with Crippen LogP contribution in [-0.2, 0) is 30.7 Å². The van der Waals surface area contributed by atoms with Crippen LogP contribution in [0.3, 0.4) is 0 Å². The molecule has 29 heavy (non-hydrogen) atoms. The highest BCUT2D eigenvalue weighted by molar-refractivity contribution is 6.68. The van der Waals surface area contributed by atoms with E-state index in [9.17, 15) is 0 Å². The molecule has 2 aliphatic rings. The molecule has 0 amide bonds. The van der Waals surface area contributed by atoms with E-state index in [2.05, 4.69) is 24.7 Å². The minimum absolute atomic E-state index is 0.614. The van der Waals surface area contributed by atoms with Crippen LogP contribution in [0.2, 0.25) is 18.1 Å². The molecule has 1 aliphatic carbocycles. The van der Waals surface area contributed by atoms with Gasteiger partial charge < -0.3 is 22.1 Å². The Balaban J connectivity index is 1.66. The first kappa shape index (κ1) is 23.0. The second-order valence-electron chi connectivity index (χ2n) is 8.17. The van der Waals surface area contributed by atoms with E-state index in [1.54, 1.807) is 0 Å². The van der Waals surface area contributed by atoms with Crippen molar-refractivity contribution in [2.45, 2.75) is 84.0 Å². The summed E-state index contributed by atoms with van der Waals surface area (Å²) in [5, 5.41) is 0. The van der Waals surface area contributed by atoms with E-state index >= 15 is 0 Å². The molecule has 0 saturated heterocycles. The molecule has 0 spiro atoms. The first-order valence-electron chi connectivity index (χ1n) is 11.4. The number of hydrogen-bond donors (Lipinski definition) is 0. The van der Waals surface area contributed by atoms with E-state index in [1.165, 1.54) is 43.2 Å². The monoisotopic (exact) mass is 438 g/mol. The van der Waals surface area contributed by atoms with Crippen LogP contribution in [-0.4, -0.2) is 37.2 Å². The maximum atomic E-state index is 6.53. The van der Waals surface area contributed by atoms with Crippen molar-refractivity contribution in [3.63, 3.8) is 0 Å². The van der Waals surface area contributed by atoms with Crippen molar-refractivity contribution in [3.05, 3.63) is 29.3 Å². The predicted octanol–water partition coefficient (Wildman–Crippen LogP) is 5.59. The normalized spacial score (nSPS) is 22.9. The molecular formula is C22H38O5Si2. The highest BCUT2D eigenvalue weighted by atomic mass is 28.4. The lowest BCUT2D eigenvalue weighted by Gasteiger charge is -2.40. The summed E-state index contributed by atoms with van der Waals surface area (Å²) in [4.78, 5) is 0. The van der Waals surface area contributed by atoms with Crippen LogP contribution in [0.4, 0.5) is 0 Å². The minimum atomic E-state index is -2.62. The Labute approximate surface area is 178 Å². The predicted molar refractivity (Wildman–Crippen MR) is 119 cm³/mol. The number of benzene rings is 1. The lowest BCUT2D eigenvalue weighted by atomic mass is 10.0. The second kappa shape index (κ2) is 10.5. The van der Waals surface area contributed by atoms with Gasteiger partial charge in [-0.1, -0.05) is 25.3 Å². The van der Waals surface area contributed by atoms with Crippen molar-refractivity contribution in [3.8, 4) is 5.75 Å². The van der Waals surface area contributed by atoms with Gasteiger partial charge in [-0.15, -0.1) is 0 Å². The van der Waals surface area contributed by atoms with Crippen molar-refractivity contribution < 1.29 is 22.1 Å². The highest BCUT2D eigenvalue weighted by Crippen LogP contribution is 2.42. The zero-order valence-corrected chi connectivity index (χ0v) is 20.6. The van der Waals surface area contributed by atoms with E-state index in [1.807, 2.05) is 20.8 Å². The standard InChI is InChI=1S/C22H38O5Si2/c1-5-23-29(24-6-2,25-7-3)16-15-19-13-14-22-20(17-19)18-26-28(4,27-22)21-11-9-8-10-12-21/h13-14,17,21H,5-12,15-16,18H2,1-4H3. The Morgan fingerprint density at radius 2 is 1.66 bits per heavy atom. The maximum Gasteiger partial charge on any atom is 0.501 e. The summed E-state index contributed by atoms with van der Waals surface area (Å²) in [6.45, 7) is 10.8. The lowest BCUT2D eigenvalue weighted by Crippen LogP contribution is -2.49. The molecule has 7 heteroatoms. The molecule has 1 saturated carbocycles. The molecule has 0 aromatic heterocycles. The van der Waals surface area contributed by atoms with Gasteiger partial charge in [-0.25, -0.2) is 0 Å². The van der Waals surface area contributed by atoms with Gasteiger partial charge in [-0.3, -0.25) is 0 Å². The fourth-order valence-corrected chi connectivity index (χ4v) is 10.2. The Bertz CT molecular complexity index is 633. The third-order valence-electron chi connectivity index (χ3n) is 6.11. The topological polar surface area (TPSA) is 46.2 Å². The molecule has 0 N–H and O–H groups in total. The van der Waals surface area contributed by atoms with Crippen LogP contribution >= 0.6 is 0 Å². The van der Waals surface area contributed by atoms with E-state index in [0.29, 0.717) is 32.0 Å². The van der Waals surface area contributed by atoms with E-state index < -0.39 is 17.4 Å². The summed E-state index contributed by atoms with van der Waals surface area (Å²) in [5.41, 5.74) is 3.05. The summed E-state index contributed by atoms with van der Waals surface area (Å²) in [7, 11) is -4.75. The summed E-state index contributed by atoms with van der Waals surface area (Å²) in [5.74, 6) is 1.03. The molecule has 1 aromatic rings. The Hall–Kier alpha value is -0.706. The number of fused-ring (bicyclic) bond motifs is 1. The minimum Gasteiger partial charge on any atom is -0.520 e. The van der Waals surface area contributed by atoms with Crippen LogP contribution in [0, 0.1) is 0 Å². The second-order valence-corrected chi connectivity index (χ2v) is 14.2. The quantitative estimate of drug-likeness (QED) is 0.445.